The average molecular weight is 287 g/mol. The van der Waals surface area contributed by atoms with Crippen LogP contribution in [0.25, 0.3) is 0 Å². The van der Waals surface area contributed by atoms with Crippen LogP contribution in [0, 0.1) is 0 Å². The summed E-state index contributed by atoms with van der Waals surface area (Å²) >= 11 is 0. The largest absolute Gasteiger partial charge is 0.479 e. The predicted molar refractivity (Wildman–Crippen MR) is 76.9 cm³/mol. The van der Waals surface area contributed by atoms with Crippen molar-refractivity contribution < 1.29 is 14.7 Å². The molecule has 1 aromatic carbocycles. The number of aliphatic carboxylic acids is 1. The van der Waals surface area contributed by atoms with Crippen LogP contribution in [0.1, 0.15) is 34.7 Å². The zero-order valence-electron chi connectivity index (χ0n) is 11.9. The van der Waals surface area contributed by atoms with Gasteiger partial charge in [-0.3, -0.25) is 9.48 Å². The molecular weight excluding hydrogens is 270 g/mol. The first-order valence-corrected chi connectivity index (χ1v) is 6.64. The Balaban J connectivity index is 2.23. The van der Waals surface area contributed by atoms with Gasteiger partial charge in [-0.1, -0.05) is 37.3 Å². The van der Waals surface area contributed by atoms with E-state index in [1.54, 1.807) is 43.4 Å². The van der Waals surface area contributed by atoms with E-state index in [4.69, 9.17) is 0 Å². The molecule has 2 N–H and O–H groups in total. The Kier molecular flexibility index (Phi) is 4.37. The van der Waals surface area contributed by atoms with Crippen LogP contribution < -0.4 is 5.32 Å². The van der Waals surface area contributed by atoms with E-state index in [0.29, 0.717) is 17.7 Å². The second kappa shape index (κ2) is 6.21. The maximum atomic E-state index is 12.2. The van der Waals surface area contributed by atoms with Gasteiger partial charge in [-0.25, -0.2) is 4.79 Å². The van der Waals surface area contributed by atoms with Crippen LogP contribution in [-0.4, -0.2) is 26.8 Å². The van der Waals surface area contributed by atoms with Gasteiger partial charge in [-0.15, -0.1) is 0 Å². The van der Waals surface area contributed by atoms with Gasteiger partial charge in [0.25, 0.3) is 5.91 Å². The Morgan fingerprint density at radius 2 is 2.00 bits per heavy atom. The summed E-state index contributed by atoms with van der Waals surface area (Å²) in [6.07, 6.45) is 0.710. The lowest BCUT2D eigenvalue weighted by atomic mass is 10.1. The fourth-order valence-corrected chi connectivity index (χ4v) is 2.05. The van der Waals surface area contributed by atoms with Crippen LogP contribution in [0.2, 0.25) is 0 Å². The van der Waals surface area contributed by atoms with Crippen molar-refractivity contribution in [1.29, 1.82) is 0 Å². The zero-order valence-corrected chi connectivity index (χ0v) is 11.9. The number of nitrogens with zero attached hydrogens (tertiary/aromatic N) is 2. The molecule has 0 spiro atoms. The van der Waals surface area contributed by atoms with E-state index >= 15 is 0 Å². The number of aryl methyl sites for hydroxylation is 2. The van der Waals surface area contributed by atoms with E-state index in [0.717, 1.165) is 5.69 Å². The quantitative estimate of drug-likeness (QED) is 0.873. The SMILES string of the molecule is CCc1cc(C(=O)N[C@H](C(=O)O)c2ccccc2)n(C)n1. The number of carbonyl (C=O) groups excluding carboxylic acids is 1. The fourth-order valence-electron chi connectivity index (χ4n) is 2.05. The highest BCUT2D eigenvalue weighted by atomic mass is 16.4. The van der Waals surface area contributed by atoms with Crippen molar-refractivity contribution in [2.75, 3.05) is 0 Å². The first-order valence-electron chi connectivity index (χ1n) is 6.64. The lowest BCUT2D eigenvalue weighted by Crippen LogP contribution is -2.34. The first-order chi connectivity index (χ1) is 10.0. The molecule has 0 aliphatic rings. The van der Waals surface area contributed by atoms with Crippen LogP contribution in [0.3, 0.4) is 0 Å². The minimum Gasteiger partial charge on any atom is -0.479 e. The highest BCUT2D eigenvalue weighted by Crippen LogP contribution is 2.14. The third kappa shape index (κ3) is 3.28. The first kappa shape index (κ1) is 14.8. The topological polar surface area (TPSA) is 84.2 Å². The normalized spacial score (nSPS) is 11.9. The standard InChI is InChI=1S/C15H17N3O3/c1-3-11-9-12(18(2)17-11)14(19)16-13(15(20)21)10-7-5-4-6-8-10/h4-9,13H,3H2,1-2H3,(H,16,19)(H,20,21)/t13-/m0/s1. The number of amides is 1. The van der Waals surface area contributed by atoms with Crippen LogP contribution in [0.15, 0.2) is 36.4 Å². The maximum absolute atomic E-state index is 12.2. The summed E-state index contributed by atoms with van der Waals surface area (Å²) in [7, 11) is 1.66. The van der Waals surface area contributed by atoms with E-state index in [2.05, 4.69) is 10.4 Å². The van der Waals surface area contributed by atoms with Crippen molar-refractivity contribution >= 4 is 11.9 Å². The summed E-state index contributed by atoms with van der Waals surface area (Å²) < 4.78 is 1.46. The molecule has 0 fully saturated rings. The van der Waals surface area contributed by atoms with Crippen LogP contribution in [0.4, 0.5) is 0 Å². The predicted octanol–water partition coefficient (Wildman–Crippen LogP) is 1.54. The van der Waals surface area contributed by atoms with Crippen molar-refractivity contribution in [3.8, 4) is 0 Å². The number of benzene rings is 1. The van der Waals surface area contributed by atoms with E-state index in [1.807, 2.05) is 6.92 Å². The van der Waals surface area contributed by atoms with Crippen LogP contribution in [-0.2, 0) is 18.3 Å². The molecule has 0 unspecified atom stereocenters. The zero-order chi connectivity index (χ0) is 15.4. The molecule has 110 valence electrons. The Labute approximate surface area is 122 Å². The molecule has 1 aromatic heterocycles. The number of hydrogen-bond acceptors (Lipinski definition) is 3. The molecule has 1 atom stereocenters. The minimum atomic E-state index is -1.10. The Morgan fingerprint density at radius 1 is 1.33 bits per heavy atom. The summed E-state index contributed by atoms with van der Waals surface area (Å²) in [5.41, 5.74) is 1.65. The Bertz CT molecular complexity index is 649. The maximum Gasteiger partial charge on any atom is 0.330 e. The highest BCUT2D eigenvalue weighted by Gasteiger charge is 2.24. The summed E-state index contributed by atoms with van der Waals surface area (Å²) in [5.74, 6) is -1.56. The van der Waals surface area contributed by atoms with E-state index in [9.17, 15) is 14.7 Å². The molecule has 6 nitrogen and oxygen atoms in total. The fraction of sp³-hybridized carbons (Fsp3) is 0.267. The van der Waals surface area contributed by atoms with Crippen molar-refractivity contribution in [1.82, 2.24) is 15.1 Å². The number of hydrogen-bond donors (Lipinski definition) is 2. The van der Waals surface area contributed by atoms with Crippen molar-refractivity contribution in [2.24, 2.45) is 7.05 Å². The molecule has 0 saturated carbocycles. The van der Waals surface area contributed by atoms with Crippen molar-refractivity contribution in [3.63, 3.8) is 0 Å². The van der Waals surface area contributed by atoms with Crippen LogP contribution in [0.5, 0.6) is 0 Å². The molecule has 6 heteroatoms. The van der Waals surface area contributed by atoms with Gasteiger partial charge in [-0.2, -0.15) is 5.10 Å². The molecule has 0 bridgehead atoms. The highest BCUT2D eigenvalue weighted by molar-refractivity contribution is 5.95. The number of carbonyl (C=O) groups is 2. The number of carboxylic acids is 1. The Hall–Kier alpha value is -2.63. The molecule has 0 aliphatic heterocycles. The van der Waals surface area contributed by atoms with Gasteiger partial charge in [0, 0.05) is 7.05 Å². The third-order valence-electron chi connectivity index (χ3n) is 3.18. The molecular formula is C15H17N3O3. The van der Waals surface area contributed by atoms with E-state index < -0.39 is 17.9 Å². The lowest BCUT2D eigenvalue weighted by Gasteiger charge is -2.14. The monoisotopic (exact) mass is 287 g/mol. The molecule has 2 aromatic rings. The third-order valence-corrected chi connectivity index (χ3v) is 3.18. The molecule has 0 saturated heterocycles. The Morgan fingerprint density at radius 3 is 2.52 bits per heavy atom. The van der Waals surface area contributed by atoms with Gasteiger partial charge in [0.15, 0.2) is 6.04 Å². The lowest BCUT2D eigenvalue weighted by molar-refractivity contribution is -0.139. The number of carboxylic acid groups (broad SMARTS) is 1. The van der Waals surface area contributed by atoms with Gasteiger partial charge in [0.2, 0.25) is 0 Å². The van der Waals surface area contributed by atoms with Gasteiger partial charge >= 0.3 is 5.97 Å². The summed E-state index contributed by atoms with van der Waals surface area (Å²) in [6.45, 7) is 1.94. The van der Waals surface area contributed by atoms with Gasteiger partial charge in [-0.05, 0) is 18.1 Å². The molecule has 0 radical (unpaired) electrons. The van der Waals surface area contributed by atoms with Gasteiger partial charge < -0.3 is 10.4 Å². The minimum absolute atomic E-state index is 0.342. The van der Waals surface area contributed by atoms with Crippen LogP contribution >= 0.6 is 0 Å². The second-order valence-electron chi connectivity index (χ2n) is 4.65. The molecule has 1 heterocycles. The second-order valence-corrected chi connectivity index (χ2v) is 4.65. The molecule has 2 rings (SSSR count). The average Bonchev–Trinajstić information content (AvgIpc) is 2.86. The molecule has 21 heavy (non-hydrogen) atoms. The summed E-state index contributed by atoms with van der Waals surface area (Å²) in [4.78, 5) is 23.6. The van der Waals surface area contributed by atoms with Crippen molar-refractivity contribution in [2.45, 2.75) is 19.4 Å². The number of nitrogens with one attached hydrogen (secondary N) is 1. The summed E-state index contributed by atoms with van der Waals surface area (Å²) in [5, 5.41) is 16.0. The number of aromatic nitrogens is 2. The van der Waals surface area contributed by atoms with Gasteiger partial charge in [0.05, 0.1) is 5.69 Å². The molecule has 1 amide bonds. The van der Waals surface area contributed by atoms with E-state index in [1.165, 1.54) is 4.68 Å². The van der Waals surface area contributed by atoms with E-state index in [-0.39, 0.29) is 0 Å². The number of rotatable bonds is 5. The smallest absolute Gasteiger partial charge is 0.330 e. The summed E-state index contributed by atoms with van der Waals surface area (Å²) in [6, 6.07) is 9.17. The van der Waals surface area contributed by atoms with Crippen molar-refractivity contribution in [3.05, 3.63) is 53.3 Å². The van der Waals surface area contributed by atoms with Gasteiger partial charge in [0.1, 0.15) is 5.69 Å². The molecule has 0 aliphatic carbocycles.